The Bertz CT molecular complexity index is 944. The smallest absolute Gasteiger partial charge is 0.303 e. The molecule has 0 aliphatic rings. The summed E-state index contributed by atoms with van der Waals surface area (Å²) in [6.07, 6.45) is 2.43. The maximum absolute atomic E-state index is 11.1. The van der Waals surface area contributed by atoms with Crippen LogP contribution >= 0.6 is 11.3 Å². The maximum atomic E-state index is 11.1. The molecule has 5 nitrogen and oxygen atoms in total. The third-order valence-electron chi connectivity index (χ3n) is 4.01. The van der Waals surface area contributed by atoms with Crippen LogP contribution in [0.3, 0.4) is 0 Å². The Labute approximate surface area is 161 Å². The molecule has 2 aromatic carbocycles. The minimum absolute atomic E-state index is 0.0515. The minimum Gasteiger partial charge on any atom is -0.493 e. The summed E-state index contributed by atoms with van der Waals surface area (Å²) in [5.74, 6) is 0.503. The summed E-state index contributed by atoms with van der Waals surface area (Å²) >= 11 is 1.57. The van der Waals surface area contributed by atoms with Gasteiger partial charge in [0.1, 0.15) is 5.01 Å². The average Bonchev–Trinajstić information content (AvgIpc) is 3.10. The number of para-hydroxylation sites is 1. The predicted molar refractivity (Wildman–Crippen MR) is 109 cm³/mol. The highest BCUT2D eigenvalue weighted by Crippen LogP contribution is 2.33. The van der Waals surface area contributed by atoms with Crippen molar-refractivity contribution in [1.82, 2.24) is 4.98 Å². The van der Waals surface area contributed by atoms with Gasteiger partial charge in [0.05, 0.1) is 23.9 Å². The molecule has 0 radical (unpaired) electrons. The predicted octanol–water partition coefficient (Wildman–Crippen LogP) is 5.11. The third kappa shape index (κ3) is 4.65. The molecule has 1 aromatic heterocycles. The number of hydrogen-bond acceptors (Lipinski definition) is 5. The highest BCUT2D eigenvalue weighted by Gasteiger charge is 2.12. The van der Waals surface area contributed by atoms with Crippen LogP contribution in [0.1, 0.15) is 30.3 Å². The molecule has 0 amide bonds. The van der Waals surface area contributed by atoms with Gasteiger partial charge in [0.15, 0.2) is 11.5 Å². The number of thiazole rings is 1. The lowest BCUT2D eigenvalue weighted by molar-refractivity contribution is -0.136. The lowest BCUT2D eigenvalue weighted by atomic mass is 10.1. The van der Waals surface area contributed by atoms with E-state index in [4.69, 9.17) is 14.6 Å². The van der Waals surface area contributed by atoms with E-state index in [9.17, 15) is 4.79 Å². The van der Waals surface area contributed by atoms with Crippen LogP contribution < -0.4 is 9.47 Å². The van der Waals surface area contributed by atoms with Gasteiger partial charge in [-0.15, -0.1) is 11.3 Å². The van der Waals surface area contributed by atoms with Crippen molar-refractivity contribution in [2.45, 2.75) is 19.8 Å². The molecule has 1 heterocycles. The topological polar surface area (TPSA) is 68.7 Å². The monoisotopic (exact) mass is 383 g/mol. The van der Waals surface area contributed by atoms with Gasteiger partial charge in [-0.25, -0.2) is 4.98 Å². The summed E-state index contributed by atoms with van der Waals surface area (Å²) in [5, 5.41) is 9.95. The number of nitrogens with zero attached hydrogens (tertiary/aromatic N) is 1. The largest absolute Gasteiger partial charge is 0.493 e. The number of hydrogen-bond donors (Lipinski definition) is 1. The summed E-state index contributed by atoms with van der Waals surface area (Å²) in [7, 11) is 1.60. The van der Waals surface area contributed by atoms with Crippen molar-refractivity contribution in [3.05, 3.63) is 53.0 Å². The van der Waals surface area contributed by atoms with Crippen molar-refractivity contribution in [2.24, 2.45) is 0 Å². The van der Waals surface area contributed by atoms with Crippen LogP contribution in [0.25, 0.3) is 21.9 Å². The van der Waals surface area contributed by atoms with E-state index in [-0.39, 0.29) is 6.42 Å². The van der Waals surface area contributed by atoms with Crippen molar-refractivity contribution >= 4 is 39.2 Å². The minimum atomic E-state index is -0.828. The van der Waals surface area contributed by atoms with Crippen LogP contribution in [-0.2, 0) is 4.79 Å². The van der Waals surface area contributed by atoms with Crippen LogP contribution in [0.15, 0.2) is 42.5 Å². The zero-order valence-corrected chi connectivity index (χ0v) is 16.1. The summed E-state index contributed by atoms with van der Waals surface area (Å²) in [6, 6.07) is 13.6. The number of carboxylic acids is 1. The number of carbonyl (C=O) groups is 1. The SMILES string of the molecule is CCOc1ccc(/C=C(\CCC(=O)O)c2nc3ccccc3s2)cc1OC. The number of benzene rings is 2. The standard InChI is InChI=1S/C21H21NO4S/c1-3-26-17-10-8-14(13-18(17)25-2)12-15(9-11-20(23)24)21-22-16-6-4-5-7-19(16)27-21/h4-8,10,12-13H,3,9,11H2,1-2H3,(H,23,24)/b15-12+. The zero-order chi connectivity index (χ0) is 19.2. The first kappa shape index (κ1) is 18.9. The molecule has 0 atom stereocenters. The van der Waals surface area contributed by atoms with Gasteiger partial charge in [0, 0.05) is 6.42 Å². The Morgan fingerprint density at radius 3 is 2.70 bits per heavy atom. The molecule has 6 heteroatoms. The fourth-order valence-electron chi connectivity index (χ4n) is 2.74. The Balaban J connectivity index is 2.00. The van der Waals surface area contributed by atoms with Crippen molar-refractivity contribution in [2.75, 3.05) is 13.7 Å². The number of allylic oxidation sites excluding steroid dienone is 1. The molecule has 3 rings (SSSR count). The molecule has 0 spiro atoms. The van der Waals surface area contributed by atoms with Crippen LogP contribution in [-0.4, -0.2) is 29.8 Å². The van der Waals surface area contributed by atoms with E-state index in [0.717, 1.165) is 26.4 Å². The second-order valence-electron chi connectivity index (χ2n) is 5.89. The molecule has 3 aromatic rings. The van der Waals surface area contributed by atoms with Gasteiger partial charge < -0.3 is 14.6 Å². The highest BCUT2D eigenvalue weighted by molar-refractivity contribution is 7.19. The first-order valence-corrected chi connectivity index (χ1v) is 9.51. The average molecular weight is 383 g/mol. The lowest BCUT2D eigenvalue weighted by Crippen LogP contribution is -1.97. The Kier molecular flexibility index (Phi) is 6.08. The van der Waals surface area contributed by atoms with Crippen LogP contribution in [0.2, 0.25) is 0 Å². The number of methoxy groups -OCH3 is 1. The first-order valence-electron chi connectivity index (χ1n) is 8.70. The van der Waals surface area contributed by atoms with E-state index in [2.05, 4.69) is 4.98 Å². The number of ether oxygens (including phenoxy) is 2. The molecule has 140 valence electrons. The number of carboxylic acid groups (broad SMARTS) is 1. The Morgan fingerprint density at radius 1 is 1.19 bits per heavy atom. The molecule has 0 saturated heterocycles. The first-order chi connectivity index (χ1) is 13.1. The third-order valence-corrected chi connectivity index (χ3v) is 5.12. The highest BCUT2D eigenvalue weighted by atomic mass is 32.1. The number of rotatable bonds is 8. The van der Waals surface area contributed by atoms with E-state index in [1.54, 1.807) is 18.4 Å². The Morgan fingerprint density at radius 2 is 2.00 bits per heavy atom. The van der Waals surface area contributed by atoms with Gasteiger partial charge >= 0.3 is 5.97 Å². The van der Waals surface area contributed by atoms with Crippen LogP contribution in [0.5, 0.6) is 11.5 Å². The molecule has 0 fully saturated rings. The summed E-state index contributed by atoms with van der Waals surface area (Å²) < 4.78 is 12.0. The van der Waals surface area contributed by atoms with E-state index in [1.807, 2.05) is 55.5 Å². The summed E-state index contributed by atoms with van der Waals surface area (Å²) in [6.45, 7) is 2.48. The van der Waals surface area contributed by atoms with Crippen molar-refractivity contribution < 1.29 is 19.4 Å². The normalized spacial score (nSPS) is 11.6. The fourth-order valence-corrected chi connectivity index (χ4v) is 3.75. The molecule has 1 N–H and O–H groups in total. The molecule has 0 aliphatic carbocycles. The molecule has 27 heavy (non-hydrogen) atoms. The molecule has 0 saturated carbocycles. The van der Waals surface area contributed by atoms with Crippen molar-refractivity contribution in [3.8, 4) is 11.5 Å². The Hall–Kier alpha value is -2.86. The molecule has 0 aliphatic heterocycles. The van der Waals surface area contributed by atoms with Gasteiger partial charge in [-0.05, 0) is 54.8 Å². The maximum Gasteiger partial charge on any atom is 0.303 e. The van der Waals surface area contributed by atoms with E-state index >= 15 is 0 Å². The number of aromatic nitrogens is 1. The van der Waals surface area contributed by atoms with Gasteiger partial charge in [-0.1, -0.05) is 18.2 Å². The second-order valence-corrected chi connectivity index (χ2v) is 6.92. The van der Waals surface area contributed by atoms with Crippen LogP contribution in [0, 0.1) is 0 Å². The second kappa shape index (κ2) is 8.68. The molecular weight excluding hydrogens is 362 g/mol. The molecular formula is C21H21NO4S. The summed E-state index contributed by atoms with van der Waals surface area (Å²) in [5.41, 5.74) is 2.72. The molecule has 0 bridgehead atoms. The van der Waals surface area contributed by atoms with E-state index in [1.165, 1.54) is 0 Å². The van der Waals surface area contributed by atoms with E-state index < -0.39 is 5.97 Å². The van der Waals surface area contributed by atoms with Crippen LogP contribution in [0.4, 0.5) is 0 Å². The number of fused-ring (bicyclic) bond motifs is 1. The van der Waals surface area contributed by atoms with Gasteiger partial charge in [-0.3, -0.25) is 4.79 Å². The quantitative estimate of drug-likeness (QED) is 0.585. The molecule has 0 unspecified atom stereocenters. The van der Waals surface area contributed by atoms with E-state index in [0.29, 0.717) is 24.5 Å². The van der Waals surface area contributed by atoms with Crippen molar-refractivity contribution in [3.63, 3.8) is 0 Å². The number of aliphatic carboxylic acids is 1. The van der Waals surface area contributed by atoms with Crippen molar-refractivity contribution in [1.29, 1.82) is 0 Å². The van der Waals surface area contributed by atoms with Gasteiger partial charge in [-0.2, -0.15) is 0 Å². The summed E-state index contributed by atoms with van der Waals surface area (Å²) in [4.78, 5) is 15.8. The van der Waals surface area contributed by atoms with Gasteiger partial charge in [0.2, 0.25) is 0 Å². The van der Waals surface area contributed by atoms with Gasteiger partial charge in [0.25, 0.3) is 0 Å². The lowest BCUT2D eigenvalue weighted by Gasteiger charge is -2.10. The fraction of sp³-hybridized carbons (Fsp3) is 0.238. The zero-order valence-electron chi connectivity index (χ0n) is 15.3.